The maximum absolute atomic E-state index is 12.5. The molecule has 8 aliphatic carbocycles. The van der Waals surface area contributed by atoms with Gasteiger partial charge in [-0.25, -0.2) is 0 Å². The molecule has 0 radical (unpaired) electrons. The zero-order valence-electron chi connectivity index (χ0n) is 35.9. The van der Waals surface area contributed by atoms with Gasteiger partial charge in [-0.1, -0.05) is 20.8 Å². The molecule has 0 aromatic heterocycles. The molecular formula is C45H74O9. The Morgan fingerprint density at radius 2 is 1.07 bits per heavy atom. The average molecular weight is 759 g/mol. The number of hydrogen-bond donors (Lipinski definition) is 1. The second-order valence-electron chi connectivity index (χ2n) is 21.4. The molecule has 9 nitrogen and oxygen atoms in total. The lowest BCUT2D eigenvalue weighted by Gasteiger charge is -2.59. The lowest BCUT2D eigenvalue weighted by Crippen LogP contribution is -2.61. The molecule has 9 fully saturated rings. The molecule has 2 unspecified atom stereocenters. The SMILES string of the molecule is CCC(C)(C)C(=O)OC1(C)C2CC3CC(C2)CC1C3.CCC(C)(C)C(=O)OC12CC3CC(CC(O)(C3)C1)C2.CCC(C)(C)C(=O)O[C@]1(C)COC(=O)[C@H]1C. The van der Waals surface area contributed by atoms with Crippen LogP contribution in [0.1, 0.15) is 173 Å². The van der Waals surface area contributed by atoms with E-state index in [0.29, 0.717) is 36.5 Å². The van der Waals surface area contributed by atoms with Crippen molar-refractivity contribution < 1.29 is 43.2 Å². The summed E-state index contributed by atoms with van der Waals surface area (Å²) >= 11 is 0. The number of aliphatic hydroxyl groups is 1. The molecule has 1 aliphatic heterocycles. The fraction of sp³-hybridized carbons (Fsp3) is 0.911. The van der Waals surface area contributed by atoms with Gasteiger partial charge in [0.2, 0.25) is 0 Å². The Labute approximate surface area is 326 Å². The van der Waals surface area contributed by atoms with Crippen LogP contribution in [0, 0.1) is 57.7 Å². The van der Waals surface area contributed by atoms with Crippen molar-refractivity contribution >= 4 is 23.9 Å². The van der Waals surface area contributed by atoms with Gasteiger partial charge in [0.15, 0.2) is 5.60 Å². The van der Waals surface area contributed by atoms with Crippen LogP contribution in [0.4, 0.5) is 0 Å². The van der Waals surface area contributed by atoms with Crippen molar-refractivity contribution in [1.82, 2.24) is 0 Å². The molecule has 8 bridgehead atoms. The Morgan fingerprint density at radius 3 is 1.46 bits per heavy atom. The molecule has 1 heterocycles. The Morgan fingerprint density at radius 1 is 0.667 bits per heavy atom. The van der Waals surface area contributed by atoms with Gasteiger partial charge in [-0.05, 0) is 181 Å². The Bertz CT molecular complexity index is 1380. The first-order valence-electron chi connectivity index (χ1n) is 21.4. The molecule has 9 heteroatoms. The molecule has 4 atom stereocenters. The standard InChI is InChI=1S/C17H28O2.C16H26O3.C12H20O4/c1-5-16(2,3)15(18)19-17(4)13-7-11-6-12(9-13)10-14(17)8-11;1-4-14(2,3)13(17)19-16-8-11-5-12(9-16)7-15(18,6-11)10-16;1-6-11(3,4)10(14)16-12(5)7-15-9(13)8(12)2/h11-14H,5-10H2,1-4H3;11-12,18H,4-10H2,1-3H3;8H,6-7H2,1-5H3/t;;8-,12-/m..1/s1. The molecule has 0 aromatic rings. The van der Waals surface area contributed by atoms with Crippen molar-refractivity contribution in [3.05, 3.63) is 0 Å². The van der Waals surface area contributed by atoms with Gasteiger partial charge < -0.3 is 24.1 Å². The summed E-state index contributed by atoms with van der Waals surface area (Å²) in [4.78, 5) is 48.0. The lowest BCUT2D eigenvalue weighted by molar-refractivity contribution is -0.225. The normalized spacial score (nSPS) is 40.2. The molecule has 9 aliphatic rings. The van der Waals surface area contributed by atoms with Crippen molar-refractivity contribution in [2.75, 3.05) is 6.61 Å². The van der Waals surface area contributed by atoms with Gasteiger partial charge in [0, 0.05) is 6.42 Å². The summed E-state index contributed by atoms with van der Waals surface area (Å²) in [5, 5.41) is 10.6. The van der Waals surface area contributed by atoms with E-state index >= 15 is 0 Å². The largest absolute Gasteiger partial charge is 0.461 e. The zero-order chi connectivity index (χ0) is 40.3. The van der Waals surface area contributed by atoms with Gasteiger partial charge in [-0.15, -0.1) is 0 Å². The maximum Gasteiger partial charge on any atom is 0.313 e. The van der Waals surface area contributed by atoms with Gasteiger partial charge in [-0.3, -0.25) is 19.2 Å². The van der Waals surface area contributed by atoms with Crippen molar-refractivity contribution in [1.29, 1.82) is 0 Å². The smallest absolute Gasteiger partial charge is 0.313 e. The van der Waals surface area contributed by atoms with Crippen molar-refractivity contribution in [3.63, 3.8) is 0 Å². The van der Waals surface area contributed by atoms with E-state index in [0.717, 1.165) is 50.4 Å². The number of rotatable bonds is 9. The lowest BCUT2D eigenvalue weighted by atomic mass is 9.50. The topological polar surface area (TPSA) is 125 Å². The van der Waals surface area contributed by atoms with Gasteiger partial charge in [0.1, 0.15) is 17.8 Å². The molecule has 0 aromatic carbocycles. The molecule has 0 amide bonds. The number of carbonyl (C=O) groups excluding carboxylic acids is 4. The molecule has 8 saturated carbocycles. The molecule has 54 heavy (non-hydrogen) atoms. The highest BCUT2D eigenvalue weighted by atomic mass is 16.6. The third-order valence-electron chi connectivity index (χ3n) is 15.8. The third-order valence-corrected chi connectivity index (χ3v) is 15.8. The van der Waals surface area contributed by atoms with Gasteiger partial charge in [0.25, 0.3) is 0 Å². The molecule has 308 valence electrons. The van der Waals surface area contributed by atoms with Crippen LogP contribution < -0.4 is 0 Å². The van der Waals surface area contributed by atoms with Crippen LogP contribution in [0.3, 0.4) is 0 Å². The van der Waals surface area contributed by atoms with Gasteiger partial charge in [-0.2, -0.15) is 0 Å². The summed E-state index contributed by atoms with van der Waals surface area (Å²) in [5.74, 6) is 3.18. The summed E-state index contributed by atoms with van der Waals surface area (Å²) in [7, 11) is 0. The second-order valence-corrected chi connectivity index (χ2v) is 21.4. The quantitative estimate of drug-likeness (QED) is 0.181. The van der Waals surface area contributed by atoms with Crippen LogP contribution in [-0.4, -0.2) is 58.0 Å². The van der Waals surface area contributed by atoms with E-state index in [4.69, 9.17) is 18.9 Å². The Kier molecular flexibility index (Phi) is 11.9. The molecule has 1 N–H and O–H groups in total. The highest BCUT2D eigenvalue weighted by Crippen LogP contribution is 2.61. The van der Waals surface area contributed by atoms with Crippen LogP contribution in [0.15, 0.2) is 0 Å². The highest BCUT2D eigenvalue weighted by molar-refractivity contribution is 5.80. The minimum Gasteiger partial charge on any atom is -0.461 e. The molecular weight excluding hydrogens is 684 g/mol. The zero-order valence-corrected chi connectivity index (χ0v) is 35.9. The van der Waals surface area contributed by atoms with Crippen molar-refractivity contribution in [3.8, 4) is 0 Å². The first-order valence-corrected chi connectivity index (χ1v) is 21.4. The second kappa shape index (κ2) is 15.0. The van der Waals surface area contributed by atoms with Crippen LogP contribution in [0.25, 0.3) is 0 Å². The summed E-state index contributed by atoms with van der Waals surface area (Å²) in [6.07, 6.45) is 14.6. The monoisotopic (exact) mass is 759 g/mol. The Balaban J connectivity index is 0.000000157. The third kappa shape index (κ3) is 8.56. The van der Waals surface area contributed by atoms with Crippen LogP contribution >= 0.6 is 0 Å². The van der Waals surface area contributed by atoms with E-state index < -0.39 is 27.9 Å². The van der Waals surface area contributed by atoms with Crippen LogP contribution in [0.5, 0.6) is 0 Å². The van der Waals surface area contributed by atoms with Crippen LogP contribution in [0.2, 0.25) is 0 Å². The first-order chi connectivity index (χ1) is 24.8. The summed E-state index contributed by atoms with van der Waals surface area (Å²) in [6, 6.07) is 0. The fourth-order valence-corrected chi connectivity index (χ4v) is 10.8. The number of cyclic esters (lactones) is 1. The average Bonchev–Trinajstić information content (AvgIpc) is 3.33. The first kappa shape index (κ1) is 43.0. The van der Waals surface area contributed by atoms with Gasteiger partial charge in [0.05, 0.1) is 27.8 Å². The van der Waals surface area contributed by atoms with E-state index in [2.05, 4.69) is 13.8 Å². The summed E-state index contributed by atoms with van der Waals surface area (Å²) < 4.78 is 22.5. The maximum atomic E-state index is 12.5. The molecule has 9 rings (SSSR count). The minimum absolute atomic E-state index is 0.0185. The highest BCUT2D eigenvalue weighted by Gasteiger charge is 2.60. The summed E-state index contributed by atoms with van der Waals surface area (Å²) in [5.41, 5.74) is -3.17. The summed E-state index contributed by atoms with van der Waals surface area (Å²) in [6.45, 7) is 23.5. The van der Waals surface area contributed by atoms with Crippen molar-refractivity contribution in [2.45, 2.75) is 195 Å². The van der Waals surface area contributed by atoms with E-state index in [1.54, 1.807) is 13.8 Å². The van der Waals surface area contributed by atoms with Crippen molar-refractivity contribution in [2.24, 2.45) is 57.7 Å². The number of carbonyl (C=O) groups is 4. The fourth-order valence-electron chi connectivity index (χ4n) is 10.8. The van der Waals surface area contributed by atoms with Crippen LogP contribution in [-0.2, 0) is 38.1 Å². The predicted molar refractivity (Wildman–Crippen MR) is 207 cm³/mol. The van der Waals surface area contributed by atoms with E-state index in [9.17, 15) is 24.3 Å². The van der Waals surface area contributed by atoms with E-state index in [1.807, 2.05) is 55.4 Å². The molecule has 1 saturated heterocycles. The number of ether oxygens (including phenoxy) is 4. The Hall–Kier alpha value is -2.16. The number of hydrogen-bond acceptors (Lipinski definition) is 9. The molecule has 0 spiro atoms. The van der Waals surface area contributed by atoms with E-state index in [1.165, 1.54) is 38.5 Å². The minimum atomic E-state index is -0.819. The van der Waals surface area contributed by atoms with E-state index in [-0.39, 0.29) is 47.1 Å². The predicted octanol–water partition coefficient (Wildman–Crippen LogP) is 9.15. The number of esters is 4. The van der Waals surface area contributed by atoms with Gasteiger partial charge >= 0.3 is 23.9 Å².